The Labute approximate surface area is 121 Å². The number of halogens is 1. The van der Waals surface area contributed by atoms with Crippen molar-refractivity contribution in [1.29, 1.82) is 0 Å². The maximum atomic E-state index is 13.3. The third-order valence-electron chi connectivity index (χ3n) is 2.66. The topological polar surface area (TPSA) is 76.4 Å². The Morgan fingerprint density at radius 1 is 1.14 bits per heavy atom. The van der Waals surface area contributed by atoms with Crippen LogP contribution in [0.1, 0.15) is 0 Å². The highest BCUT2D eigenvalue weighted by Crippen LogP contribution is 2.13. The third-order valence-corrected chi connectivity index (χ3v) is 2.66. The van der Waals surface area contributed by atoms with Crippen molar-refractivity contribution in [2.45, 2.75) is 0 Å². The number of urea groups is 1. The number of hydrogen-bond donors (Lipinski definition) is 3. The molecule has 0 aliphatic heterocycles. The molecule has 21 heavy (non-hydrogen) atoms. The van der Waals surface area contributed by atoms with Crippen LogP contribution < -0.4 is 21.1 Å². The van der Waals surface area contributed by atoms with Crippen LogP contribution in [0.25, 0.3) is 0 Å². The molecule has 0 heterocycles. The van der Waals surface area contributed by atoms with Crippen LogP contribution in [0.5, 0.6) is 5.75 Å². The van der Waals surface area contributed by atoms with Crippen LogP contribution in [-0.4, -0.2) is 19.2 Å². The smallest absolute Gasteiger partial charge is 0.319 e. The summed E-state index contributed by atoms with van der Waals surface area (Å²) in [6.45, 7) is 0.597. The number of amides is 2. The largest absolute Gasteiger partial charge is 0.492 e. The second-order valence-corrected chi connectivity index (χ2v) is 4.28. The van der Waals surface area contributed by atoms with Crippen LogP contribution in [0.2, 0.25) is 0 Å². The Morgan fingerprint density at radius 2 is 1.86 bits per heavy atom. The van der Waals surface area contributed by atoms with Gasteiger partial charge in [-0.05, 0) is 36.4 Å². The molecule has 2 aromatic rings. The Morgan fingerprint density at radius 3 is 2.57 bits per heavy atom. The predicted molar refractivity (Wildman–Crippen MR) is 79.8 cm³/mol. The first kappa shape index (κ1) is 14.6. The number of benzene rings is 2. The van der Waals surface area contributed by atoms with Crippen molar-refractivity contribution in [3.63, 3.8) is 0 Å². The molecule has 2 rings (SSSR count). The van der Waals surface area contributed by atoms with Gasteiger partial charge >= 0.3 is 6.03 Å². The van der Waals surface area contributed by atoms with Crippen LogP contribution in [-0.2, 0) is 0 Å². The van der Waals surface area contributed by atoms with Crippen molar-refractivity contribution < 1.29 is 13.9 Å². The normalized spacial score (nSPS) is 9.95. The van der Waals surface area contributed by atoms with Gasteiger partial charge in [-0.15, -0.1) is 0 Å². The number of nitrogens with one attached hydrogen (secondary N) is 2. The van der Waals surface area contributed by atoms with E-state index in [2.05, 4.69) is 10.6 Å². The van der Waals surface area contributed by atoms with Crippen molar-refractivity contribution in [3.8, 4) is 5.75 Å². The Balaban J connectivity index is 1.70. The molecule has 110 valence electrons. The van der Waals surface area contributed by atoms with Crippen molar-refractivity contribution in [3.05, 3.63) is 54.3 Å². The van der Waals surface area contributed by atoms with Gasteiger partial charge in [-0.2, -0.15) is 0 Å². The van der Waals surface area contributed by atoms with E-state index in [1.54, 1.807) is 36.4 Å². The van der Waals surface area contributed by atoms with Gasteiger partial charge in [0.15, 0.2) is 0 Å². The molecule has 0 bridgehead atoms. The molecule has 0 radical (unpaired) electrons. The summed E-state index contributed by atoms with van der Waals surface area (Å²) < 4.78 is 18.7. The van der Waals surface area contributed by atoms with Gasteiger partial charge in [0.05, 0.1) is 12.2 Å². The third kappa shape index (κ3) is 4.68. The first-order chi connectivity index (χ1) is 10.1. The van der Waals surface area contributed by atoms with Gasteiger partial charge in [0, 0.05) is 5.69 Å². The van der Waals surface area contributed by atoms with Crippen LogP contribution >= 0.6 is 0 Å². The summed E-state index contributed by atoms with van der Waals surface area (Å²) in [5.74, 6) is 0.186. The van der Waals surface area contributed by atoms with Crippen molar-refractivity contribution >= 4 is 17.4 Å². The van der Waals surface area contributed by atoms with E-state index in [-0.39, 0.29) is 5.69 Å². The minimum atomic E-state index is -0.485. The maximum Gasteiger partial charge on any atom is 0.319 e. The number of nitrogen functional groups attached to an aromatic ring is 1. The second kappa shape index (κ2) is 7.14. The molecule has 0 atom stereocenters. The number of nitrogens with two attached hydrogens (primary N) is 1. The number of carbonyl (C=O) groups is 1. The second-order valence-electron chi connectivity index (χ2n) is 4.28. The highest BCUT2D eigenvalue weighted by Gasteiger charge is 2.05. The summed E-state index contributed by atoms with van der Waals surface area (Å²) in [4.78, 5) is 11.6. The van der Waals surface area contributed by atoms with Gasteiger partial charge < -0.3 is 21.1 Å². The fourth-order valence-electron chi connectivity index (χ4n) is 1.63. The Bertz CT molecular complexity index is 602. The first-order valence-corrected chi connectivity index (χ1v) is 6.43. The fraction of sp³-hybridized carbons (Fsp3) is 0.133. The predicted octanol–water partition coefficient (Wildman–Crippen LogP) is 2.61. The average Bonchev–Trinajstić information content (AvgIpc) is 2.48. The number of hydrogen-bond acceptors (Lipinski definition) is 3. The average molecular weight is 289 g/mol. The molecule has 0 aliphatic rings. The molecule has 2 aromatic carbocycles. The van der Waals surface area contributed by atoms with E-state index in [9.17, 15) is 9.18 Å². The van der Waals surface area contributed by atoms with E-state index < -0.39 is 11.8 Å². The van der Waals surface area contributed by atoms with Gasteiger partial charge in [0.25, 0.3) is 0 Å². The SMILES string of the molecule is Nc1ccc(OCCNC(=O)Nc2ccccc2F)cc1. The summed E-state index contributed by atoms with van der Waals surface area (Å²) in [5, 5.41) is 4.99. The molecule has 0 aromatic heterocycles. The van der Waals surface area contributed by atoms with E-state index in [1.165, 1.54) is 12.1 Å². The lowest BCUT2D eigenvalue weighted by Gasteiger charge is -2.09. The van der Waals surface area contributed by atoms with E-state index in [0.717, 1.165) is 0 Å². The van der Waals surface area contributed by atoms with Gasteiger partial charge in [-0.1, -0.05) is 12.1 Å². The van der Waals surface area contributed by atoms with E-state index in [1.807, 2.05) is 0 Å². The van der Waals surface area contributed by atoms with Crippen LogP contribution in [0.4, 0.5) is 20.6 Å². The molecular weight excluding hydrogens is 273 g/mol. The molecule has 0 saturated heterocycles. The summed E-state index contributed by atoms with van der Waals surface area (Å²) in [5.41, 5.74) is 6.35. The summed E-state index contributed by atoms with van der Waals surface area (Å²) in [6.07, 6.45) is 0. The molecule has 0 spiro atoms. The lowest BCUT2D eigenvalue weighted by Crippen LogP contribution is -2.32. The fourth-order valence-corrected chi connectivity index (χ4v) is 1.63. The number of rotatable bonds is 5. The minimum absolute atomic E-state index is 0.134. The zero-order valence-corrected chi connectivity index (χ0v) is 11.3. The van der Waals surface area contributed by atoms with Crippen molar-refractivity contribution in [2.24, 2.45) is 0 Å². The Hall–Kier alpha value is -2.76. The summed E-state index contributed by atoms with van der Waals surface area (Å²) >= 11 is 0. The minimum Gasteiger partial charge on any atom is -0.492 e. The van der Waals surface area contributed by atoms with Gasteiger partial charge in [-0.25, -0.2) is 9.18 Å². The molecular formula is C15H16FN3O2. The van der Waals surface area contributed by atoms with Crippen molar-refractivity contribution in [1.82, 2.24) is 5.32 Å². The molecule has 5 nitrogen and oxygen atoms in total. The lowest BCUT2D eigenvalue weighted by atomic mass is 10.3. The van der Waals surface area contributed by atoms with Crippen LogP contribution in [0.15, 0.2) is 48.5 Å². The quantitative estimate of drug-likeness (QED) is 0.585. The Kier molecular flexibility index (Phi) is 4.98. The number of anilines is 2. The molecule has 4 N–H and O–H groups in total. The summed E-state index contributed by atoms with van der Waals surface area (Å²) in [7, 11) is 0. The monoisotopic (exact) mass is 289 g/mol. The highest BCUT2D eigenvalue weighted by molar-refractivity contribution is 5.89. The van der Waals surface area contributed by atoms with Crippen LogP contribution in [0.3, 0.4) is 0 Å². The zero-order chi connectivity index (χ0) is 15.1. The van der Waals surface area contributed by atoms with Gasteiger partial charge in [0.1, 0.15) is 18.2 Å². The molecule has 0 unspecified atom stereocenters. The van der Waals surface area contributed by atoms with E-state index >= 15 is 0 Å². The highest BCUT2D eigenvalue weighted by atomic mass is 19.1. The molecule has 0 saturated carbocycles. The van der Waals surface area contributed by atoms with Gasteiger partial charge in [0.2, 0.25) is 0 Å². The number of para-hydroxylation sites is 1. The molecule has 2 amide bonds. The van der Waals surface area contributed by atoms with Crippen LogP contribution in [0, 0.1) is 5.82 Å². The zero-order valence-electron chi connectivity index (χ0n) is 11.3. The number of carbonyl (C=O) groups excluding carboxylic acids is 1. The maximum absolute atomic E-state index is 13.3. The number of ether oxygens (including phenoxy) is 1. The summed E-state index contributed by atoms with van der Waals surface area (Å²) in [6, 6.07) is 12.4. The van der Waals surface area contributed by atoms with E-state index in [0.29, 0.717) is 24.6 Å². The molecule has 0 aliphatic carbocycles. The molecule has 6 heteroatoms. The first-order valence-electron chi connectivity index (χ1n) is 6.43. The standard InChI is InChI=1S/C15H16FN3O2/c16-13-3-1-2-4-14(13)19-15(20)18-9-10-21-12-7-5-11(17)6-8-12/h1-8H,9-10,17H2,(H2,18,19,20). The van der Waals surface area contributed by atoms with Crippen molar-refractivity contribution in [2.75, 3.05) is 24.2 Å². The lowest BCUT2D eigenvalue weighted by molar-refractivity contribution is 0.247. The van der Waals surface area contributed by atoms with Gasteiger partial charge in [-0.3, -0.25) is 0 Å². The molecule has 0 fully saturated rings. The van der Waals surface area contributed by atoms with E-state index in [4.69, 9.17) is 10.5 Å².